The molecule has 0 aliphatic heterocycles. The number of anilines is 1. The number of benzene rings is 1. The smallest absolute Gasteiger partial charge is 0.381 e. The molecule has 1 N–H and O–H groups in total. The van der Waals surface area contributed by atoms with Crippen molar-refractivity contribution in [2.45, 2.75) is 33.5 Å². The highest BCUT2D eigenvalue weighted by Gasteiger charge is 2.17. The Kier molecular flexibility index (Phi) is 5.12. The first kappa shape index (κ1) is 17.8. The van der Waals surface area contributed by atoms with Crippen LogP contribution in [0, 0.1) is 21.9 Å². The molecule has 1 aromatic carbocycles. The van der Waals surface area contributed by atoms with Crippen molar-refractivity contribution >= 4 is 23.7 Å². The molecule has 3 aromatic rings. The van der Waals surface area contributed by atoms with Crippen LogP contribution in [0.2, 0.25) is 0 Å². The molecular formula is C16H18N6O3S. The van der Waals surface area contributed by atoms with Crippen molar-refractivity contribution in [1.82, 2.24) is 19.3 Å². The fourth-order valence-corrected chi connectivity index (χ4v) is 2.62. The van der Waals surface area contributed by atoms with E-state index in [1.165, 1.54) is 16.4 Å². The van der Waals surface area contributed by atoms with Gasteiger partial charge in [-0.25, -0.2) is 4.68 Å². The minimum atomic E-state index is -0.536. The molecule has 0 amide bonds. The highest BCUT2D eigenvalue weighted by Crippen LogP contribution is 2.13. The summed E-state index contributed by atoms with van der Waals surface area (Å²) in [5, 5.41) is 18.3. The second-order valence-electron chi connectivity index (χ2n) is 5.68. The highest BCUT2D eigenvalue weighted by atomic mass is 32.1. The summed E-state index contributed by atoms with van der Waals surface area (Å²) in [6.07, 6.45) is 2.34. The van der Waals surface area contributed by atoms with Crippen LogP contribution in [-0.4, -0.2) is 24.3 Å². The maximum absolute atomic E-state index is 10.8. The summed E-state index contributed by atoms with van der Waals surface area (Å²) >= 11 is 5.18. The SMILES string of the molecule is CCc1ccc(NCn2nc(Cn3cc([N+](=O)[O-])nc3C)oc2=S)cc1. The first-order valence-electron chi connectivity index (χ1n) is 8.04. The van der Waals surface area contributed by atoms with Gasteiger partial charge in [-0.05, 0) is 46.2 Å². The molecule has 0 unspecified atom stereocenters. The molecule has 10 heteroatoms. The number of rotatable bonds is 7. The number of aryl methyl sites for hydroxylation is 2. The van der Waals surface area contributed by atoms with Crippen LogP contribution in [0.4, 0.5) is 11.5 Å². The van der Waals surface area contributed by atoms with Gasteiger partial charge in [0.05, 0.1) is 0 Å². The summed E-state index contributed by atoms with van der Waals surface area (Å²) in [5.41, 5.74) is 2.22. The minimum absolute atomic E-state index is 0.210. The van der Waals surface area contributed by atoms with Crippen LogP contribution in [-0.2, 0) is 19.6 Å². The van der Waals surface area contributed by atoms with E-state index in [0.29, 0.717) is 18.4 Å². The van der Waals surface area contributed by atoms with Crippen molar-refractivity contribution in [3.8, 4) is 0 Å². The second kappa shape index (κ2) is 7.48. The van der Waals surface area contributed by atoms with Crippen molar-refractivity contribution in [1.29, 1.82) is 0 Å². The molecule has 9 nitrogen and oxygen atoms in total. The number of nitrogens with zero attached hydrogens (tertiary/aromatic N) is 5. The zero-order chi connectivity index (χ0) is 18.7. The third-order valence-corrected chi connectivity index (χ3v) is 4.19. The first-order valence-corrected chi connectivity index (χ1v) is 8.45. The van der Waals surface area contributed by atoms with Gasteiger partial charge >= 0.3 is 5.82 Å². The number of nitrogens with one attached hydrogen (secondary N) is 1. The molecule has 0 atom stereocenters. The molecule has 26 heavy (non-hydrogen) atoms. The standard InChI is InChI=1S/C16H18N6O3S/c1-3-12-4-6-13(7-5-12)17-10-21-16(26)25-15(19-21)9-20-8-14(22(23)24)18-11(20)2/h4-8,17H,3,9-10H2,1-2H3. The zero-order valence-corrected chi connectivity index (χ0v) is 15.2. The van der Waals surface area contributed by atoms with Gasteiger partial charge in [0, 0.05) is 12.6 Å². The topological polar surface area (TPSA) is 104 Å². The van der Waals surface area contributed by atoms with Crippen LogP contribution in [0.5, 0.6) is 0 Å². The lowest BCUT2D eigenvalue weighted by molar-refractivity contribution is -0.389. The van der Waals surface area contributed by atoms with Crippen molar-refractivity contribution < 1.29 is 9.34 Å². The minimum Gasteiger partial charge on any atom is -0.412 e. The van der Waals surface area contributed by atoms with Crippen LogP contribution in [0.3, 0.4) is 0 Å². The Morgan fingerprint density at radius 3 is 2.69 bits per heavy atom. The molecule has 0 aliphatic rings. The molecular weight excluding hydrogens is 356 g/mol. The largest absolute Gasteiger partial charge is 0.412 e. The number of nitro groups is 1. The van der Waals surface area contributed by atoms with Gasteiger partial charge in [0.2, 0.25) is 11.7 Å². The van der Waals surface area contributed by atoms with E-state index in [1.54, 1.807) is 11.5 Å². The van der Waals surface area contributed by atoms with Gasteiger partial charge in [0.1, 0.15) is 19.4 Å². The summed E-state index contributed by atoms with van der Waals surface area (Å²) in [7, 11) is 0. The third kappa shape index (κ3) is 3.97. The summed E-state index contributed by atoms with van der Waals surface area (Å²) in [4.78, 5) is 14.4. The van der Waals surface area contributed by atoms with Crippen LogP contribution < -0.4 is 5.32 Å². The Balaban J connectivity index is 1.68. The molecule has 0 aliphatic carbocycles. The fraction of sp³-hybridized carbons (Fsp3) is 0.312. The summed E-state index contributed by atoms with van der Waals surface area (Å²) in [6.45, 7) is 4.36. The van der Waals surface area contributed by atoms with E-state index in [-0.39, 0.29) is 17.2 Å². The van der Waals surface area contributed by atoms with Crippen LogP contribution in [0.1, 0.15) is 24.2 Å². The Morgan fingerprint density at radius 2 is 2.08 bits per heavy atom. The van der Waals surface area contributed by atoms with E-state index >= 15 is 0 Å². The lowest BCUT2D eigenvalue weighted by atomic mass is 10.1. The lowest BCUT2D eigenvalue weighted by Crippen LogP contribution is -2.10. The number of hydrogen-bond donors (Lipinski definition) is 1. The van der Waals surface area contributed by atoms with Gasteiger partial charge in [-0.2, -0.15) is 0 Å². The summed E-state index contributed by atoms with van der Waals surface area (Å²) < 4.78 is 8.60. The third-order valence-electron chi connectivity index (χ3n) is 3.90. The predicted octanol–water partition coefficient (Wildman–Crippen LogP) is 3.30. The summed E-state index contributed by atoms with van der Waals surface area (Å²) in [6, 6.07) is 8.12. The molecule has 3 rings (SSSR count). The van der Waals surface area contributed by atoms with Crippen LogP contribution >= 0.6 is 12.2 Å². The average molecular weight is 374 g/mol. The summed E-state index contributed by atoms with van der Waals surface area (Å²) in [5.74, 6) is 0.646. The normalized spacial score (nSPS) is 10.8. The molecule has 0 spiro atoms. The van der Waals surface area contributed by atoms with Crippen LogP contribution in [0.25, 0.3) is 0 Å². The molecule has 0 radical (unpaired) electrons. The highest BCUT2D eigenvalue weighted by molar-refractivity contribution is 7.71. The molecule has 0 saturated carbocycles. The van der Waals surface area contributed by atoms with E-state index in [1.807, 2.05) is 12.1 Å². The van der Waals surface area contributed by atoms with E-state index in [4.69, 9.17) is 16.6 Å². The van der Waals surface area contributed by atoms with E-state index in [9.17, 15) is 10.1 Å². The van der Waals surface area contributed by atoms with Gasteiger partial charge in [-0.15, -0.1) is 5.10 Å². The predicted molar refractivity (Wildman–Crippen MR) is 97.5 cm³/mol. The second-order valence-corrected chi connectivity index (χ2v) is 6.03. The molecule has 0 saturated heterocycles. The first-order chi connectivity index (χ1) is 12.5. The zero-order valence-electron chi connectivity index (χ0n) is 14.4. The van der Waals surface area contributed by atoms with Crippen molar-refractivity contribution in [2.24, 2.45) is 0 Å². The molecule has 2 heterocycles. The average Bonchev–Trinajstić information content (AvgIpc) is 3.16. The molecule has 136 valence electrons. The van der Waals surface area contributed by atoms with E-state index in [2.05, 4.69) is 34.5 Å². The van der Waals surface area contributed by atoms with Gasteiger partial charge in [-0.3, -0.25) is 4.57 Å². The Bertz CT molecular complexity index is 973. The quantitative estimate of drug-likeness (QED) is 0.384. The van der Waals surface area contributed by atoms with Crippen molar-refractivity contribution in [3.63, 3.8) is 0 Å². The number of imidazole rings is 1. The van der Waals surface area contributed by atoms with Crippen molar-refractivity contribution in [2.75, 3.05) is 5.32 Å². The fourth-order valence-electron chi connectivity index (χ4n) is 2.42. The van der Waals surface area contributed by atoms with Gasteiger partial charge in [0.25, 0.3) is 4.84 Å². The van der Waals surface area contributed by atoms with Gasteiger partial charge < -0.3 is 19.8 Å². The van der Waals surface area contributed by atoms with Crippen LogP contribution in [0.15, 0.2) is 34.9 Å². The van der Waals surface area contributed by atoms with Gasteiger partial charge in [0.15, 0.2) is 0 Å². The maximum Gasteiger partial charge on any atom is 0.381 e. The van der Waals surface area contributed by atoms with Crippen molar-refractivity contribution in [3.05, 3.63) is 62.7 Å². The Labute approximate surface area is 154 Å². The van der Waals surface area contributed by atoms with E-state index in [0.717, 1.165) is 12.1 Å². The lowest BCUT2D eigenvalue weighted by Gasteiger charge is -2.06. The van der Waals surface area contributed by atoms with Gasteiger partial charge in [-0.1, -0.05) is 19.1 Å². The molecule has 0 bridgehead atoms. The Hall–Kier alpha value is -3.01. The number of hydrogen-bond acceptors (Lipinski definition) is 7. The number of aromatic nitrogens is 4. The van der Waals surface area contributed by atoms with E-state index < -0.39 is 4.92 Å². The Morgan fingerprint density at radius 1 is 1.35 bits per heavy atom. The molecule has 0 fully saturated rings. The monoisotopic (exact) mass is 374 g/mol. The molecule has 2 aromatic heterocycles. The maximum atomic E-state index is 10.8.